The zero-order chi connectivity index (χ0) is 17.7. The third-order valence-corrected chi connectivity index (χ3v) is 6.01. The number of aliphatic hydroxyl groups is 1. The molecule has 0 aromatic heterocycles. The summed E-state index contributed by atoms with van der Waals surface area (Å²) in [7, 11) is -2.30. The second kappa shape index (κ2) is 7.58. The molecule has 2 aromatic rings. The maximum atomic E-state index is 13.0. The van der Waals surface area contributed by atoms with E-state index in [1.165, 1.54) is 17.4 Å². The fraction of sp³-hybridized carbons (Fsp3) is 0.278. The maximum Gasteiger partial charge on any atom is 0.243 e. The molecule has 6 heteroatoms. The van der Waals surface area contributed by atoms with Gasteiger partial charge in [-0.15, -0.1) is 0 Å². The zero-order valence-electron chi connectivity index (χ0n) is 13.7. The van der Waals surface area contributed by atoms with Crippen LogP contribution in [0.3, 0.4) is 0 Å². The van der Waals surface area contributed by atoms with Crippen LogP contribution >= 0.6 is 0 Å². The molecule has 1 atom stereocenters. The predicted molar refractivity (Wildman–Crippen MR) is 91.7 cm³/mol. The van der Waals surface area contributed by atoms with Gasteiger partial charge in [0.1, 0.15) is 0 Å². The van der Waals surface area contributed by atoms with E-state index in [0.29, 0.717) is 11.1 Å². The van der Waals surface area contributed by atoms with Crippen LogP contribution in [-0.2, 0) is 10.0 Å². The van der Waals surface area contributed by atoms with Gasteiger partial charge in [0, 0.05) is 13.7 Å². The van der Waals surface area contributed by atoms with Crippen molar-refractivity contribution in [1.82, 2.24) is 4.31 Å². The molecule has 1 unspecified atom stereocenters. The van der Waals surface area contributed by atoms with Gasteiger partial charge in [-0.2, -0.15) is 9.57 Å². The summed E-state index contributed by atoms with van der Waals surface area (Å²) in [4.78, 5) is 0.114. The highest BCUT2D eigenvalue weighted by Crippen LogP contribution is 2.30. The minimum atomic E-state index is -3.80. The number of nitrogens with zero attached hydrogens (tertiary/aromatic N) is 2. The molecule has 0 fully saturated rings. The second-order valence-electron chi connectivity index (χ2n) is 5.55. The SMILES string of the molecule is Cc1ccc(C#N)cc1S(=O)(=O)N(C)C(CCO)c1ccccc1. The van der Waals surface area contributed by atoms with Gasteiger partial charge < -0.3 is 5.11 Å². The first-order chi connectivity index (χ1) is 11.4. The molecule has 0 saturated carbocycles. The Morgan fingerprint density at radius 2 is 1.88 bits per heavy atom. The molecule has 2 aromatic carbocycles. The third kappa shape index (κ3) is 3.65. The molecule has 0 amide bonds. The molecule has 0 aliphatic rings. The average Bonchev–Trinajstić information content (AvgIpc) is 2.60. The third-order valence-electron chi connectivity index (χ3n) is 4.00. The van der Waals surface area contributed by atoms with Gasteiger partial charge in [-0.25, -0.2) is 8.42 Å². The van der Waals surface area contributed by atoms with Crippen LogP contribution in [0.4, 0.5) is 0 Å². The summed E-state index contributed by atoms with van der Waals surface area (Å²) < 4.78 is 27.4. The Hall–Kier alpha value is -2.20. The Morgan fingerprint density at radius 3 is 2.46 bits per heavy atom. The molecule has 0 spiro atoms. The molecule has 1 N–H and O–H groups in total. The van der Waals surface area contributed by atoms with Gasteiger partial charge in [0.2, 0.25) is 10.0 Å². The molecule has 0 aliphatic carbocycles. The summed E-state index contributed by atoms with van der Waals surface area (Å²) in [6.07, 6.45) is 0.288. The van der Waals surface area contributed by atoms with Crippen LogP contribution in [0.5, 0.6) is 0 Å². The van der Waals surface area contributed by atoms with Gasteiger partial charge in [0.25, 0.3) is 0 Å². The normalized spacial score (nSPS) is 12.8. The molecule has 0 heterocycles. The number of rotatable bonds is 6. The minimum Gasteiger partial charge on any atom is -0.396 e. The molecule has 0 aliphatic heterocycles. The number of sulfonamides is 1. The van der Waals surface area contributed by atoms with E-state index in [1.807, 2.05) is 36.4 Å². The standard InChI is InChI=1S/C18H20N2O3S/c1-14-8-9-15(13-19)12-18(14)24(22,23)20(2)17(10-11-21)16-6-4-3-5-7-16/h3-9,12,17,21H,10-11H2,1-2H3. The van der Waals surface area contributed by atoms with Crippen LogP contribution in [0.15, 0.2) is 53.4 Å². The Kier molecular flexibility index (Phi) is 5.73. The van der Waals surface area contributed by atoms with Crippen molar-refractivity contribution in [2.75, 3.05) is 13.7 Å². The number of nitriles is 1. The summed E-state index contributed by atoms with van der Waals surface area (Å²) in [5.74, 6) is 0. The van der Waals surface area contributed by atoms with Crippen molar-refractivity contribution < 1.29 is 13.5 Å². The van der Waals surface area contributed by atoms with Gasteiger partial charge in [0.15, 0.2) is 0 Å². The lowest BCUT2D eigenvalue weighted by molar-refractivity contribution is 0.240. The summed E-state index contributed by atoms with van der Waals surface area (Å²) in [5.41, 5.74) is 1.69. The fourth-order valence-electron chi connectivity index (χ4n) is 2.63. The lowest BCUT2D eigenvalue weighted by Crippen LogP contribution is -2.32. The molecule has 0 radical (unpaired) electrons. The van der Waals surface area contributed by atoms with Crippen molar-refractivity contribution in [1.29, 1.82) is 5.26 Å². The Morgan fingerprint density at radius 1 is 1.21 bits per heavy atom. The van der Waals surface area contributed by atoms with E-state index in [0.717, 1.165) is 5.56 Å². The van der Waals surface area contributed by atoms with Gasteiger partial charge in [-0.05, 0) is 36.6 Å². The highest BCUT2D eigenvalue weighted by Gasteiger charge is 2.30. The van der Waals surface area contributed by atoms with Crippen molar-refractivity contribution in [3.63, 3.8) is 0 Å². The van der Waals surface area contributed by atoms with Crippen LogP contribution in [0, 0.1) is 18.3 Å². The lowest BCUT2D eigenvalue weighted by atomic mass is 10.0. The van der Waals surface area contributed by atoms with Crippen molar-refractivity contribution in [2.45, 2.75) is 24.3 Å². The van der Waals surface area contributed by atoms with E-state index in [-0.39, 0.29) is 17.9 Å². The number of benzene rings is 2. The molecular formula is C18H20N2O3S. The predicted octanol–water partition coefficient (Wildman–Crippen LogP) is 2.61. The van der Waals surface area contributed by atoms with Gasteiger partial charge >= 0.3 is 0 Å². The molecule has 0 bridgehead atoms. The number of aliphatic hydroxyl groups excluding tert-OH is 1. The quantitative estimate of drug-likeness (QED) is 0.873. The topological polar surface area (TPSA) is 81.4 Å². The summed E-state index contributed by atoms with van der Waals surface area (Å²) in [6, 6.07) is 15.3. The first-order valence-corrected chi connectivity index (χ1v) is 9.00. The van der Waals surface area contributed by atoms with Gasteiger partial charge in [0.05, 0.1) is 22.6 Å². The van der Waals surface area contributed by atoms with E-state index in [9.17, 15) is 13.5 Å². The smallest absolute Gasteiger partial charge is 0.243 e. The fourth-order valence-corrected chi connectivity index (χ4v) is 4.25. The van der Waals surface area contributed by atoms with E-state index in [1.54, 1.807) is 19.1 Å². The number of hydrogen-bond acceptors (Lipinski definition) is 4. The minimum absolute atomic E-state index is 0.114. The molecule has 126 valence electrons. The van der Waals surface area contributed by atoms with Crippen LogP contribution in [-0.4, -0.2) is 31.5 Å². The first kappa shape index (κ1) is 18.1. The van der Waals surface area contributed by atoms with Crippen LogP contribution < -0.4 is 0 Å². The second-order valence-corrected chi connectivity index (χ2v) is 7.52. The van der Waals surface area contributed by atoms with E-state index < -0.39 is 16.1 Å². The average molecular weight is 344 g/mol. The van der Waals surface area contributed by atoms with Crippen LogP contribution in [0.1, 0.15) is 29.2 Å². The Labute approximate surface area is 142 Å². The van der Waals surface area contributed by atoms with Crippen molar-refractivity contribution >= 4 is 10.0 Å². The summed E-state index contributed by atoms with van der Waals surface area (Å²) in [6.45, 7) is 1.57. The van der Waals surface area contributed by atoms with Gasteiger partial charge in [-0.3, -0.25) is 0 Å². The summed E-state index contributed by atoms with van der Waals surface area (Å²) in [5, 5.41) is 18.4. The van der Waals surface area contributed by atoms with E-state index >= 15 is 0 Å². The lowest BCUT2D eigenvalue weighted by Gasteiger charge is -2.28. The van der Waals surface area contributed by atoms with Crippen LogP contribution in [0.25, 0.3) is 0 Å². The maximum absolute atomic E-state index is 13.0. The van der Waals surface area contributed by atoms with E-state index in [2.05, 4.69) is 0 Å². The number of aryl methyl sites for hydroxylation is 1. The van der Waals surface area contributed by atoms with E-state index in [4.69, 9.17) is 5.26 Å². The highest BCUT2D eigenvalue weighted by atomic mass is 32.2. The highest BCUT2D eigenvalue weighted by molar-refractivity contribution is 7.89. The molecule has 24 heavy (non-hydrogen) atoms. The molecule has 5 nitrogen and oxygen atoms in total. The Bertz CT molecular complexity index is 842. The van der Waals surface area contributed by atoms with Gasteiger partial charge in [-0.1, -0.05) is 36.4 Å². The monoisotopic (exact) mass is 344 g/mol. The molecular weight excluding hydrogens is 324 g/mol. The molecule has 0 saturated heterocycles. The first-order valence-electron chi connectivity index (χ1n) is 7.56. The van der Waals surface area contributed by atoms with Crippen molar-refractivity contribution in [2.24, 2.45) is 0 Å². The number of hydrogen-bond donors (Lipinski definition) is 1. The zero-order valence-corrected chi connectivity index (χ0v) is 14.5. The Balaban J connectivity index is 2.49. The largest absolute Gasteiger partial charge is 0.396 e. The molecule has 2 rings (SSSR count). The van der Waals surface area contributed by atoms with Crippen molar-refractivity contribution in [3.8, 4) is 6.07 Å². The van der Waals surface area contributed by atoms with Crippen molar-refractivity contribution in [3.05, 3.63) is 65.2 Å². The summed E-state index contributed by atoms with van der Waals surface area (Å²) >= 11 is 0. The van der Waals surface area contributed by atoms with Crippen LogP contribution in [0.2, 0.25) is 0 Å².